The number of carbonyl (C=O) groups excluding carboxylic acids is 2. The summed E-state index contributed by atoms with van der Waals surface area (Å²) in [7, 11) is 1.35. The molecule has 6 nitrogen and oxygen atoms in total. The number of hydrogen-bond donors (Lipinski definition) is 0. The van der Waals surface area contributed by atoms with Crippen LogP contribution in [-0.4, -0.2) is 55.8 Å². The summed E-state index contributed by atoms with van der Waals surface area (Å²) in [6.07, 6.45) is 5.51. The van der Waals surface area contributed by atoms with Gasteiger partial charge in [-0.1, -0.05) is 12.1 Å². The third-order valence-corrected chi connectivity index (χ3v) is 4.22. The van der Waals surface area contributed by atoms with Crippen LogP contribution in [0.5, 0.6) is 5.75 Å². The van der Waals surface area contributed by atoms with Crippen LogP contribution in [0.4, 0.5) is 0 Å². The Bertz CT molecular complexity index is 650. The molecule has 1 amide bonds. The van der Waals surface area contributed by atoms with Crippen molar-refractivity contribution in [1.82, 2.24) is 4.90 Å². The van der Waals surface area contributed by atoms with E-state index in [4.69, 9.17) is 9.47 Å². The first-order valence-corrected chi connectivity index (χ1v) is 9.40. The molecule has 27 heavy (non-hydrogen) atoms. The molecule has 1 aliphatic heterocycles. The number of benzene rings is 1. The molecule has 1 unspecified atom stereocenters. The molecule has 2 rings (SSSR count). The Kier molecular flexibility index (Phi) is 8.33. The molecular weight excluding hydrogens is 346 g/mol. The molecule has 1 heterocycles. The van der Waals surface area contributed by atoms with Crippen molar-refractivity contribution in [2.75, 3.05) is 26.8 Å². The summed E-state index contributed by atoms with van der Waals surface area (Å²) in [5.74, 6) is 0.286. The van der Waals surface area contributed by atoms with Gasteiger partial charge in [-0.25, -0.2) is 0 Å². The van der Waals surface area contributed by atoms with E-state index < -0.39 is 0 Å². The van der Waals surface area contributed by atoms with Crippen LogP contribution in [0.1, 0.15) is 38.7 Å². The Hall–Kier alpha value is -2.34. The first-order chi connectivity index (χ1) is 13.0. The third kappa shape index (κ3) is 7.43. The van der Waals surface area contributed by atoms with Crippen molar-refractivity contribution in [3.05, 3.63) is 35.9 Å². The maximum absolute atomic E-state index is 12.7. The number of nitrogens with zero attached hydrogens (tertiary/aromatic N) is 1. The Morgan fingerprint density at radius 3 is 2.85 bits per heavy atom. The SMILES string of the molecule is COC(=O)CCN(CC1CCCO1)C(=O)/C=C/c1cccc(OC(C)C)c1. The van der Waals surface area contributed by atoms with Gasteiger partial charge in [-0.15, -0.1) is 0 Å². The zero-order valence-corrected chi connectivity index (χ0v) is 16.3. The van der Waals surface area contributed by atoms with E-state index in [1.165, 1.54) is 13.2 Å². The van der Waals surface area contributed by atoms with E-state index in [0.717, 1.165) is 30.8 Å². The summed E-state index contributed by atoms with van der Waals surface area (Å²) < 4.78 is 16.0. The van der Waals surface area contributed by atoms with E-state index in [1.807, 2.05) is 38.1 Å². The number of esters is 1. The quantitative estimate of drug-likeness (QED) is 0.490. The van der Waals surface area contributed by atoms with Gasteiger partial charge >= 0.3 is 5.97 Å². The largest absolute Gasteiger partial charge is 0.491 e. The lowest BCUT2D eigenvalue weighted by Gasteiger charge is -2.24. The van der Waals surface area contributed by atoms with Crippen molar-refractivity contribution in [3.8, 4) is 5.75 Å². The van der Waals surface area contributed by atoms with Gasteiger partial charge < -0.3 is 19.1 Å². The summed E-state index contributed by atoms with van der Waals surface area (Å²) in [5.41, 5.74) is 0.881. The molecule has 1 atom stereocenters. The monoisotopic (exact) mass is 375 g/mol. The predicted octanol–water partition coefficient (Wildman–Crippen LogP) is 3.06. The van der Waals surface area contributed by atoms with Crippen LogP contribution < -0.4 is 4.74 Å². The number of hydrogen-bond acceptors (Lipinski definition) is 5. The number of rotatable bonds is 9. The minimum Gasteiger partial charge on any atom is -0.491 e. The highest BCUT2D eigenvalue weighted by Crippen LogP contribution is 2.17. The predicted molar refractivity (Wildman–Crippen MR) is 103 cm³/mol. The Morgan fingerprint density at radius 2 is 2.19 bits per heavy atom. The van der Waals surface area contributed by atoms with Gasteiger partial charge in [-0.2, -0.15) is 0 Å². The molecule has 0 aromatic heterocycles. The zero-order valence-electron chi connectivity index (χ0n) is 16.3. The van der Waals surface area contributed by atoms with Crippen molar-refractivity contribution in [2.45, 2.75) is 45.3 Å². The molecule has 6 heteroatoms. The van der Waals surface area contributed by atoms with Crippen LogP contribution in [0.2, 0.25) is 0 Å². The fourth-order valence-electron chi connectivity index (χ4n) is 2.89. The van der Waals surface area contributed by atoms with E-state index >= 15 is 0 Å². The van der Waals surface area contributed by atoms with E-state index in [1.54, 1.807) is 11.0 Å². The fraction of sp³-hybridized carbons (Fsp3) is 0.524. The van der Waals surface area contributed by atoms with Crippen LogP contribution in [0.25, 0.3) is 6.08 Å². The maximum Gasteiger partial charge on any atom is 0.307 e. The van der Waals surface area contributed by atoms with E-state index in [0.29, 0.717) is 13.1 Å². The van der Waals surface area contributed by atoms with Gasteiger partial charge in [-0.05, 0) is 50.5 Å². The average Bonchev–Trinajstić information content (AvgIpc) is 3.15. The number of amides is 1. The van der Waals surface area contributed by atoms with Crippen LogP contribution in [0, 0.1) is 0 Å². The lowest BCUT2D eigenvalue weighted by atomic mass is 10.2. The van der Waals surface area contributed by atoms with Crippen LogP contribution in [0.15, 0.2) is 30.3 Å². The lowest BCUT2D eigenvalue weighted by molar-refractivity contribution is -0.141. The zero-order chi connectivity index (χ0) is 19.6. The minimum atomic E-state index is -0.331. The van der Waals surface area contributed by atoms with Crippen LogP contribution >= 0.6 is 0 Å². The van der Waals surface area contributed by atoms with Crippen molar-refractivity contribution in [2.24, 2.45) is 0 Å². The Labute approximate surface area is 161 Å². The molecule has 1 fully saturated rings. The molecular formula is C21H29NO5. The third-order valence-electron chi connectivity index (χ3n) is 4.22. The number of ether oxygens (including phenoxy) is 3. The lowest BCUT2D eigenvalue weighted by Crippen LogP contribution is -2.37. The highest BCUT2D eigenvalue weighted by atomic mass is 16.5. The molecule has 148 valence electrons. The highest BCUT2D eigenvalue weighted by molar-refractivity contribution is 5.92. The second-order valence-electron chi connectivity index (χ2n) is 6.82. The molecule has 1 aromatic carbocycles. The van der Waals surface area contributed by atoms with E-state index in [2.05, 4.69) is 4.74 Å². The van der Waals surface area contributed by atoms with Gasteiger partial charge in [0.05, 0.1) is 25.7 Å². The van der Waals surface area contributed by atoms with Crippen molar-refractivity contribution >= 4 is 18.0 Å². The highest BCUT2D eigenvalue weighted by Gasteiger charge is 2.22. The number of carbonyl (C=O) groups is 2. The number of methoxy groups -OCH3 is 1. The van der Waals surface area contributed by atoms with Gasteiger partial charge in [0.15, 0.2) is 0 Å². The van der Waals surface area contributed by atoms with Gasteiger partial charge in [0, 0.05) is 25.8 Å². The van der Waals surface area contributed by atoms with Crippen molar-refractivity contribution in [1.29, 1.82) is 0 Å². The summed E-state index contributed by atoms with van der Waals surface area (Å²) in [5, 5.41) is 0. The van der Waals surface area contributed by atoms with Crippen LogP contribution in [-0.2, 0) is 19.1 Å². The molecule has 0 bridgehead atoms. The first-order valence-electron chi connectivity index (χ1n) is 9.40. The molecule has 0 saturated carbocycles. The van der Waals surface area contributed by atoms with Gasteiger partial charge in [0.25, 0.3) is 0 Å². The molecule has 1 aromatic rings. The maximum atomic E-state index is 12.7. The molecule has 0 radical (unpaired) electrons. The fourth-order valence-corrected chi connectivity index (χ4v) is 2.89. The second kappa shape index (κ2) is 10.7. The molecule has 1 saturated heterocycles. The molecule has 0 N–H and O–H groups in total. The Balaban J connectivity index is 2.02. The van der Waals surface area contributed by atoms with Crippen LogP contribution in [0.3, 0.4) is 0 Å². The summed E-state index contributed by atoms with van der Waals surface area (Å²) in [4.78, 5) is 25.8. The summed E-state index contributed by atoms with van der Waals surface area (Å²) >= 11 is 0. The van der Waals surface area contributed by atoms with Gasteiger partial charge in [0.1, 0.15) is 5.75 Å². The van der Waals surface area contributed by atoms with E-state index in [-0.39, 0.29) is 30.5 Å². The normalized spacial score (nSPS) is 16.7. The first kappa shape index (κ1) is 21.0. The molecule has 0 spiro atoms. The molecule has 1 aliphatic rings. The second-order valence-corrected chi connectivity index (χ2v) is 6.82. The Morgan fingerprint density at radius 1 is 1.37 bits per heavy atom. The summed E-state index contributed by atoms with van der Waals surface area (Å²) in [6.45, 7) is 5.46. The van der Waals surface area contributed by atoms with Gasteiger partial charge in [0.2, 0.25) is 5.91 Å². The smallest absolute Gasteiger partial charge is 0.307 e. The van der Waals surface area contributed by atoms with Gasteiger partial charge in [-0.3, -0.25) is 9.59 Å². The van der Waals surface area contributed by atoms with E-state index in [9.17, 15) is 9.59 Å². The average molecular weight is 375 g/mol. The standard InChI is InChI=1S/C21H29NO5/c1-16(2)27-18-7-4-6-17(14-18)9-10-20(23)22(12-11-21(24)25-3)15-19-8-5-13-26-19/h4,6-7,9-10,14,16,19H,5,8,11-13,15H2,1-3H3/b10-9+. The van der Waals surface area contributed by atoms with Crippen molar-refractivity contribution in [3.63, 3.8) is 0 Å². The summed E-state index contributed by atoms with van der Waals surface area (Å²) in [6, 6.07) is 7.58. The molecule has 0 aliphatic carbocycles. The minimum absolute atomic E-state index is 0.0303. The van der Waals surface area contributed by atoms with Crippen molar-refractivity contribution < 1.29 is 23.8 Å². The topological polar surface area (TPSA) is 65.1 Å².